The lowest BCUT2D eigenvalue weighted by Gasteiger charge is -2.10. The molecule has 0 fully saturated rings. The molecular weight excluding hydrogens is 286 g/mol. The van der Waals surface area contributed by atoms with Gasteiger partial charge in [0.05, 0.1) is 22.1 Å². The summed E-state index contributed by atoms with van der Waals surface area (Å²) in [6.07, 6.45) is 0. The van der Waals surface area contributed by atoms with E-state index < -0.39 is 0 Å². The molecule has 1 aromatic heterocycles. The molecule has 1 aromatic carbocycles. The standard InChI is InChI=1S/C12H12BrNOS/c1-7-4-9(10(15-3)5-8(7)2)11-12(13)16-6-14-11/h4-6H,1-3H3. The maximum absolute atomic E-state index is 5.40. The Morgan fingerprint density at radius 2 is 1.94 bits per heavy atom. The fourth-order valence-corrected chi connectivity index (χ4v) is 2.64. The first kappa shape index (κ1) is 11.6. The van der Waals surface area contributed by atoms with Gasteiger partial charge in [0, 0.05) is 5.56 Å². The van der Waals surface area contributed by atoms with Crippen molar-refractivity contribution in [1.82, 2.24) is 4.98 Å². The minimum atomic E-state index is 0.870. The van der Waals surface area contributed by atoms with Crippen molar-refractivity contribution in [2.24, 2.45) is 0 Å². The van der Waals surface area contributed by atoms with Gasteiger partial charge in [0.2, 0.25) is 0 Å². The Kier molecular flexibility index (Phi) is 3.30. The highest BCUT2D eigenvalue weighted by Crippen LogP contribution is 2.37. The molecule has 2 aromatic rings. The van der Waals surface area contributed by atoms with Gasteiger partial charge in [-0.2, -0.15) is 0 Å². The molecule has 2 rings (SSSR count). The highest BCUT2D eigenvalue weighted by molar-refractivity contribution is 9.11. The lowest BCUT2D eigenvalue weighted by molar-refractivity contribution is 0.416. The predicted octanol–water partition coefficient (Wildman–Crippen LogP) is 4.20. The van der Waals surface area contributed by atoms with Crippen LogP contribution in [0.1, 0.15) is 11.1 Å². The van der Waals surface area contributed by atoms with E-state index in [9.17, 15) is 0 Å². The average Bonchev–Trinajstić information content (AvgIpc) is 2.68. The molecule has 84 valence electrons. The summed E-state index contributed by atoms with van der Waals surface area (Å²) in [5, 5.41) is 0. The predicted molar refractivity (Wildman–Crippen MR) is 71.3 cm³/mol. The fraction of sp³-hybridized carbons (Fsp3) is 0.250. The monoisotopic (exact) mass is 297 g/mol. The number of nitrogens with zero attached hydrogens (tertiary/aromatic N) is 1. The average molecular weight is 298 g/mol. The number of ether oxygens (including phenoxy) is 1. The lowest BCUT2D eigenvalue weighted by atomic mass is 10.0. The van der Waals surface area contributed by atoms with Crippen LogP contribution in [0.5, 0.6) is 5.75 Å². The number of aromatic nitrogens is 1. The van der Waals surface area contributed by atoms with E-state index in [4.69, 9.17) is 4.74 Å². The van der Waals surface area contributed by atoms with Crippen LogP contribution in [0, 0.1) is 13.8 Å². The Morgan fingerprint density at radius 3 is 2.50 bits per heavy atom. The second kappa shape index (κ2) is 4.55. The van der Waals surface area contributed by atoms with Crippen molar-refractivity contribution in [3.8, 4) is 17.0 Å². The molecule has 4 heteroatoms. The SMILES string of the molecule is COc1cc(C)c(C)cc1-c1ncsc1Br. The highest BCUT2D eigenvalue weighted by Gasteiger charge is 2.13. The quantitative estimate of drug-likeness (QED) is 0.829. The molecule has 0 radical (unpaired) electrons. The van der Waals surface area contributed by atoms with Gasteiger partial charge in [-0.3, -0.25) is 0 Å². The minimum absolute atomic E-state index is 0.870. The second-order valence-electron chi connectivity index (χ2n) is 3.61. The van der Waals surface area contributed by atoms with Gasteiger partial charge in [-0.25, -0.2) is 4.98 Å². The van der Waals surface area contributed by atoms with Gasteiger partial charge >= 0.3 is 0 Å². The molecular formula is C12H12BrNOS. The zero-order valence-corrected chi connectivity index (χ0v) is 11.8. The molecule has 0 atom stereocenters. The van der Waals surface area contributed by atoms with Crippen LogP contribution in [0.15, 0.2) is 21.4 Å². The third kappa shape index (κ3) is 1.99. The first-order valence-electron chi connectivity index (χ1n) is 4.88. The third-order valence-corrected chi connectivity index (χ3v) is 4.14. The molecule has 0 aliphatic heterocycles. The summed E-state index contributed by atoms with van der Waals surface area (Å²) in [7, 11) is 1.69. The van der Waals surface area contributed by atoms with Crippen LogP contribution in [0.4, 0.5) is 0 Å². The van der Waals surface area contributed by atoms with Crippen molar-refractivity contribution in [3.05, 3.63) is 32.6 Å². The van der Waals surface area contributed by atoms with E-state index in [2.05, 4.69) is 46.9 Å². The Labute approximate surface area is 107 Å². The normalized spacial score (nSPS) is 10.5. The zero-order valence-electron chi connectivity index (χ0n) is 9.37. The first-order valence-corrected chi connectivity index (χ1v) is 6.55. The number of benzene rings is 1. The molecule has 0 bridgehead atoms. The van der Waals surface area contributed by atoms with Crippen molar-refractivity contribution >= 4 is 27.3 Å². The number of thiazole rings is 1. The summed E-state index contributed by atoms with van der Waals surface area (Å²) in [5.41, 5.74) is 6.29. The molecule has 0 saturated heterocycles. The molecule has 0 saturated carbocycles. The first-order chi connectivity index (χ1) is 7.63. The Morgan fingerprint density at radius 1 is 1.25 bits per heavy atom. The summed E-state index contributed by atoms with van der Waals surface area (Å²) in [6, 6.07) is 4.17. The van der Waals surface area contributed by atoms with Crippen molar-refractivity contribution in [3.63, 3.8) is 0 Å². The zero-order chi connectivity index (χ0) is 11.7. The van der Waals surface area contributed by atoms with Crippen LogP contribution in [0.25, 0.3) is 11.3 Å². The molecule has 2 nitrogen and oxygen atoms in total. The largest absolute Gasteiger partial charge is 0.496 e. The lowest BCUT2D eigenvalue weighted by Crippen LogP contribution is -1.92. The van der Waals surface area contributed by atoms with E-state index in [0.717, 1.165) is 20.8 Å². The van der Waals surface area contributed by atoms with Gasteiger partial charge in [0.25, 0.3) is 0 Å². The van der Waals surface area contributed by atoms with Crippen molar-refractivity contribution in [1.29, 1.82) is 0 Å². The number of hydrogen-bond donors (Lipinski definition) is 0. The van der Waals surface area contributed by atoms with Crippen molar-refractivity contribution in [2.45, 2.75) is 13.8 Å². The number of aryl methyl sites for hydroxylation is 2. The van der Waals surface area contributed by atoms with Crippen LogP contribution >= 0.6 is 27.3 Å². The summed E-state index contributed by atoms with van der Waals surface area (Å²) < 4.78 is 6.44. The summed E-state index contributed by atoms with van der Waals surface area (Å²) >= 11 is 5.09. The molecule has 0 spiro atoms. The summed E-state index contributed by atoms with van der Waals surface area (Å²) in [4.78, 5) is 4.36. The topological polar surface area (TPSA) is 22.1 Å². The van der Waals surface area contributed by atoms with Crippen LogP contribution < -0.4 is 4.74 Å². The smallest absolute Gasteiger partial charge is 0.128 e. The van der Waals surface area contributed by atoms with Gasteiger partial charge in [-0.15, -0.1) is 11.3 Å². The van der Waals surface area contributed by atoms with Crippen LogP contribution in [-0.2, 0) is 0 Å². The maximum atomic E-state index is 5.40. The molecule has 0 aliphatic carbocycles. The second-order valence-corrected chi connectivity index (χ2v) is 5.78. The van der Waals surface area contributed by atoms with E-state index in [-0.39, 0.29) is 0 Å². The fourth-order valence-electron chi connectivity index (χ4n) is 1.55. The highest BCUT2D eigenvalue weighted by atomic mass is 79.9. The van der Waals surface area contributed by atoms with Crippen LogP contribution in [0.2, 0.25) is 0 Å². The molecule has 16 heavy (non-hydrogen) atoms. The Balaban J connectivity index is 2.64. The van der Waals surface area contributed by atoms with E-state index >= 15 is 0 Å². The number of methoxy groups -OCH3 is 1. The van der Waals surface area contributed by atoms with Crippen LogP contribution in [-0.4, -0.2) is 12.1 Å². The molecule has 0 amide bonds. The maximum Gasteiger partial charge on any atom is 0.128 e. The van der Waals surface area contributed by atoms with E-state index in [1.54, 1.807) is 18.4 Å². The minimum Gasteiger partial charge on any atom is -0.496 e. The van der Waals surface area contributed by atoms with E-state index in [1.165, 1.54) is 11.1 Å². The summed E-state index contributed by atoms with van der Waals surface area (Å²) in [6.45, 7) is 4.18. The van der Waals surface area contributed by atoms with Gasteiger partial charge < -0.3 is 4.74 Å². The van der Waals surface area contributed by atoms with Crippen molar-refractivity contribution in [2.75, 3.05) is 7.11 Å². The summed E-state index contributed by atoms with van der Waals surface area (Å²) in [5.74, 6) is 0.870. The Hall–Kier alpha value is -0.870. The molecule has 1 heterocycles. The third-order valence-electron chi connectivity index (χ3n) is 2.60. The van der Waals surface area contributed by atoms with E-state index in [1.807, 2.05) is 5.51 Å². The van der Waals surface area contributed by atoms with Gasteiger partial charge in [0.15, 0.2) is 0 Å². The number of hydrogen-bond acceptors (Lipinski definition) is 3. The molecule has 0 aliphatic rings. The number of rotatable bonds is 2. The van der Waals surface area contributed by atoms with Gasteiger partial charge in [-0.05, 0) is 53.0 Å². The van der Waals surface area contributed by atoms with Crippen molar-refractivity contribution < 1.29 is 4.74 Å². The van der Waals surface area contributed by atoms with Crippen LogP contribution in [0.3, 0.4) is 0 Å². The van der Waals surface area contributed by atoms with Gasteiger partial charge in [0.1, 0.15) is 5.75 Å². The Bertz CT molecular complexity index is 522. The molecule has 0 N–H and O–H groups in total. The van der Waals surface area contributed by atoms with Gasteiger partial charge in [-0.1, -0.05) is 0 Å². The van der Waals surface area contributed by atoms with E-state index in [0.29, 0.717) is 0 Å². The molecule has 0 unspecified atom stereocenters. The number of halogens is 1.